The highest BCUT2D eigenvalue weighted by Gasteiger charge is 2.08. The zero-order valence-corrected chi connectivity index (χ0v) is 11.5. The van der Waals surface area contributed by atoms with Crippen LogP contribution in [0.2, 0.25) is 5.02 Å². The Hall–Kier alpha value is -1.10. The van der Waals surface area contributed by atoms with Crippen LogP contribution in [0.15, 0.2) is 18.2 Å². The van der Waals surface area contributed by atoms with Gasteiger partial charge in [-0.1, -0.05) is 24.6 Å². The van der Waals surface area contributed by atoms with Crippen LogP contribution in [0.3, 0.4) is 0 Å². The normalized spacial score (nSPS) is 12.4. The lowest BCUT2D eigenvalue weighted by molar-refractivity contribution is 0.100. The van der Waals surface area contributed by atoms with Gasteiger partial charge in [-0.25, -0.2) is 0 Å². The summed E-state index contributed by atoms with van der Waals surface area (Å²) >= 11 is 6.10. The molecule has 0 heterocycles. The molecule has 0 bridgehead atoms. The fourth-order valence-corrected chi connectivity index (χ4v) is 1.87. The van der Waals surface area contributed by atoms with Crippen LogP contribution in [0.5, 0.6) is 0 Å². The Bertz CT molecular complexity index is 410. The summed E-state index contributed by atoms with van der Waals surface area (Å²) in [6, 6.07) is 5.39. The molecule has 0 radical (unpaired) electrons. The standard InChI is InChI=1S/C13H19ClN2O2/c1-3-11(8-18-2)16-7-10-5-4-9(13(15)17)6-12(10)14/h4-6,11,16H,3,7-8H2,1-2H3,(H2,15,17). The van der Waals surface area contributed by atoms with E-state index in [0.29, 0.717) is 29.8 Å². The van der Waals surface area contributed by atoms with E-state index < -0.39 is 5.91 Å². The predicted molar refractivity (Wildman–Crippen MR) is 72.8 cm³/mol. The molecule has 1 aromatic rings. The molecule has 18 heavy (non-hydrogen) atoms. The molecule has 4 nitrogen and oxygen atoms in total. The molecular formula is C13H19ClN2O2. The summed E-state index contributed by atoms with van der Waals surface area (Å²) in [6.07, 6.45) is 0.977. The van der Waals surface area contributed by atoms with E-state index >= 15 is 0 Å². The van der Waals surface area contributed by atoms with Crippen molar-refractivity contribution >= 4 is 17.5 Å². The number of benzene rings is 1. The number of hydrogen-bond donors (Lipinski definition) is 2. The highest BCUT2D eigenvalue weighted by molar-refractivity contribution is 6.31. The molecule has 1 aromatic carbocycles. The van der Waals surface area contributed by atoms with Gasteiger partial charge in [-0.15, -0.1) is 0 Å². The number of amides is 1. The van der Waals surface area contributed by atoms with E-state index in [2.05, 4.69) is 12.2 Å². The monoisotopic (exact) mass is 270 g/mol. The Labute approximate surface area is 112 Å². The minimum absolute atomic E-state index is 0.293. The van der Waals surface area contributed by atoms with Gasteiger partial charge in [0.2, 0.25) is 5.91 Å². The van der Waals surface area contributed by atoms with Gasteiger partial charge in [0.05, 0.1) is 6.61 Å². The Morgan fingerprint density at radius 1 is 1.56 bits per heavy atom. The highest BCUT2D eigenvalue weighted by Crippen LogP contribution is 2.17. The first kappa shape index (κ1) is 15.0. The Morgan fingerprint density at radius 3 is 2.78 bits per heavy atom. The van der Waals surface area contributed by atoms with E-state index in [1.165, 1.54) is 0 Å². The molecule has 100 valence electrons. The van der Waals surface area contributed by atoms with Crippen molar-refractivity contribution in [3.05, 3.63) is 34.3 Å². The van der Waals surface area contributed by atoms with Crippen LogP contribution in [0.4, 0.5) is 0 Å². The zero-order valence-electron chi connectivity index (χ0n) is 10.7. The van der Waals surface area contributed by atoms with Gasteiger partial charge in [0, 0.05) is 30.3 Å². The quantitative estimate of drug-likeness (QED) is 0.796. The molecule has 0 aliphatic carbocycles. The van der Waals surface area contributed by atoms with E-state index in [1.807, 2.05) is 6.07 Å². The van der Waals surface area contributed by atoms with E-state index in [-0.39, 0.29) is 0 Å². The van der Waals surface area contributed by atoms with Crippen LogP contribution < -0.4 is 11.1 Å². The number of methoxy groups -OCH3 is 1. The fourth-order valence-electron chi connectivity index (χ4n) is 1.62. The summed E-state index contributed by atoms with van der Waals surface area (Å²) in [6.45, 7) is 3.39. The molecule has 0 saturated heterocycles. The second-order valence-electron chi connectivity index (χ2n) is 4.11. The molecule has 0 spiro atoms. The van der Waals surface area contributed by atoms with Crippen molar-refractivity contribution in [2.75, 3.05) is 13.7 Å². The van der Waals surface area contributed by atoms with Crippen molar-refractivity contribution in [3.63, 3.8) is 0 Å². The lowest BCUT2D eigenvalue weighted by atomic mass is 10.1. The highest BCUT2D eigenvalue weighted by atomic mass is 35.5. The largest absolute Gasteiger partial charge is 0.383 e. The van der Waals surface area contributed by atoms with Crippen molar-refractivity contribution in [1.29, 1.82) is 0 Å². The van der Waals surface area contributed by atoms with Crippen molar-refractivity contribution in [1.82, 2.24) is 5.32 Å². The van der Waals surface area contributed by atoms with E-state index in [9.17, 15) is 4.79 Å². The van der Waals surface area contributed by atoms with Gasteiger partial charge >= 0.3 is 0 Å². The average Bonchev–Trinajstić information content (AvgIpc) is 2.35. The Morgan fingerprint density at radius 2 is 2.28 bits per heavy atom. The van der Waals surface area contributed by atoms with Crippen LogP contribution in [0, 0.1) is 0 Å². The fraction of sp³-hybridized carbons (Fsp3) is 0.462. The van der Waals surface area contributed by atoms with Crippen LogP contribution in [0.25, 0.3) is 0 Å². The zero-order chi connectivity index (χ0) is 13.5. The van der Waals surface area contributed by atoms with Crippen molar-refractivity contribution < 1.29 is 9.53 Å². The van der Waals surface area contributed by atoms with Crippen LogP contribution >= 0.6 is 11.6 Å². The van der Waals surface area contributed by atoms with Gasteiger partial charge in [-0.3, -0.25) is 4.79 Å². The molecule has 0 aromatic heterocycles. The summed E-state index contributed by atoms with van der Waals surface area (Å²) < 4.78 is 5.11. The summed E-state index contributed by atoms with van der Waals surface area (Å²) in [4.78, 5) is 11.0. The average molecular weight is 271 g/mol. The van der Waals surface area contributed by atoms with Crippen molar-refractivity contribution in [2.45, 2.75) is 25.9 Å². The third-order valence-corrected chi connectivity index (χ3v) is 3.13. The van der Waals surface area contributed by atoms with Gasteiger partial charge in [0.1, 0.15) is 0 Å². The van der Waals surface area contributed by atoms with Crippen LogP contribution in [-0.2, 0) is 11.3 Å². The summed E-state index contributed by atoms with van der Waals surface area (Å²) in [7, 11) is 1.68. The molecule has 1 unspecified atom stereocenters. The number of primary amides is 1. The number of carbonyl (C=O) groups is 1. The third kappa shape index (κ3) is 4.29. The first-order chi connectivity index (χ1) is 8.58. The molecule has 0 aliphatic heterocycles. The summed E-state index contributed by atoms with van der Waals surface area (Å²) in [5.41, 5.74) is 6.55. The third-order valence-electron chi connectivity index (χ3n) is 2.78. The first-order valence-corrected chi connectivity index (χ1v) is 6.26. The molecule has 3 N–H and O–H groups in total. The summed E-state index contributed by atoms with van der Waals surface area (Å²) in [5.74, 6) is -0.470. The maximum absolute atomic E-state index is 11.0. The molecule has 0 saturated carbocycles. The number of hydrogen-bond acceptors (Lipinski definition) is 3. The number of halogens is 1. The van der Waals surface area contributed by atoms with Gasteiger partial charge in [0.15, 0.2) is 0 Å². The predicted octanol–water partition coefficient (Wildman–Crippen LogP) is 1.95. The number of rotatable bonds is 7. The topological polar surface area (TPSA) is 64.3 Å². The SMILES string of the molecule is CCC(COC)NCc1ccc(C(N)=O)cc1Cl. The molecule has 1 atom stereocenters. The number of nitrogens with one attached hydrogen (secondary N) is 1. The van der Waals surface area contributed by atoms with Gasteiger partial charge in [-0.2, -0.15) is 0 Å². The van der Waals surface area contributed by atoms with Crippen molar-refractivity contribution in [3.8, 4) is 0 Å². The molecule has 0 fully saturated rings. The minimum Gasteiger partial charge on any atom is -0.383 e. The molecule has 0 aliphatic rings. The van der Waals surface area contributed by atoms with Gasteiger partial charge < -0.3 is 15.8 Å². The molecule has 1 rings (SSSR count). The van der Waals surface area contributed by atoms with E-state index in [1.54, 1.807) is 19.2 Å². The molecule has 1 amide bonds. The smallest absolute Gasteiger partial charge is 0.248 e. The number of ether oxygens (including phenoxy) is 1. The second kappa shape index (κ2) is 7.36. The maximum Gasteiger partial charge on any atom is 0.248 e. The molecule has 5 heteroatoms. The van der Waals surface area contributed by atoms with Crippen LogP contribution in [0.1, 0.15) is 29.3 Å². The van der Waals surface area contributed by atoms with E-state index in [4.69, 9.17) is 22.1 Å². The second-order valence-corrected chi connectivity index (χ2v) is 4.52. The Kier molecular flexibility index (Phi) is 6.12. The molecular weight excluding hydrogens is 252 g/mol. The van der Waals surface area contributed by atoms with Crippen LogP contribution in [-0.4, -0.2) is 25.7 Å². The number of nitrogens with two attached hydrogens (primary N) is 1. The van der Waals surface area contributed by atoms with Crippen molar-refractivity contribution in [2.24, 2.45) is 5.73 Å². The number of carbonyl (C=O) groups excluding carboxylic acids is 1. The Balaban J connectivity index is 2.65. The van der Waals surface area contributed by atoms with Gasteiger partial charge in [0.25, 0.3) is 0 Å². The lowest BCUT2D eigenvalue weighted by Gasteiger charge is -2.16. The maximum atomic E-state index is 11.0. The summed E-state index contributed by atoms with van der Waals surface area (Å²) in [5, 5.41) is 3.90. The van der Waals surface area contributed by atoms with E-state index in [0.717, 1.165) is 12.0 Å². The van der Waals surface area contributed by atoms with Gasteiger partial charge in [-0.05, 0) is 24.1 Å². The first-order valence-electron chi connectivity index (χ1n) is 5.89. The lowest BCUT2D eigenvalue weighted by Crippen LogP contribution is -2.32. The minimum atomic E-state index is -0.470.